The highest BCUT2D eigenvalue weighted by Crippen LogP contribution is 2.34. The molecule has 4 aromatic rings. The van der Waals surface area contributed by atoms with Crippen molar-refractivity contribution in [2.75, 3.05) is 5.32 Å². The van der Waals surface area contributed by atoms with Crippen molar-refractivity contribution in [1.82, 2.24) is 5.16 Å². The van der Waals surface area contributed by atoms with Crippen molar-refractivity contribution in [2.45, 2.75) is 26.4 Å². The maximum Gasteiger partial charge on any atom is 0.412 e. The first-order valence-electron chi connectivity index (χ1n) is 11.0. The molecular formula is C27H22Cl2N2O5. The number of aromatic nitrogens is 1. The van der Waals surface area contributed by atoms with Gasteiger partial charge in [0.1, 0.15) is 17.5 Å². The third kappa shape index (κ3) is 5.87. The molecule has 184 valence electrons. The van der Waals surface area contributed by atoms with Crippen molar-refractivity contribution in [3.05, 3.63) is 93.6 Å². The monoisotopic (exact) mass is 524 g/mol. The molecule has 0 saturated carbocycles. The largest absolute Gasteiger partial charge is 0.481 e. The van der Waals surface area contributed by atoms with Crippen molar-refractivity contribution in [3.8, 4) is 22.5 Å². The molecule has 3 aromatic carbocycles. The number of amides is 1. The molecule has 0 aliphatic carbocycles. The second kappa shape index (κ2) is 10.8. The van der Waals surface area contributed by atoms with Crippen molar-refractivity contribution in [3.63, 3.8) is 0 Å². The first-order chi connectivity index (χ1) is 17.2. The molecule has 1 heterocycles. The Bertz CT molecular complexity index is 1400. The van der Waals surface area contributed by atoms with E-state index in [1.165, 1.54) is 0 Å². The van der Waals surface area contributed by atoms with Gasteiger partial charge in [-0.2, -0.15) is 0 Å². The molecule has 0 radical (unpaired) electrons. The van der Waals surface area contributed by atoms with Gasteiger partial charge in [0.15, 0.2) is 5.76 Å². The smallest absolute Gasteiger partial charge is 0.412 e. The van der Waals surface area contributed by atoms with Crippen LogP contribution in [0.15, 0.2) is 71.3 Å². The Balaban J connectivity index is 1.48. The van der Waals surface area contributed by atoms with E-state index in [9.17, 15) is 9.59 Å². The predicted octanol–water partition coefficient (Wildman–Crippen LogP) is 7.56. The van der Waals surface area contributed by atoms with Gasteiger partial charge in [0, 0.05) is 21.2 Å². The number of hydrogen-bond donors (Lipinski definition) is 2. The predicted molar refractivity (Wildman–Crippen MR) is 138 cm³/mol. The van der Waals surface area contributed by atoms with E-state index in [4.69, 9.17) is 37.6 Å². The number of aliphatic carboxylic acids is 1. The fraction of sp³-hybridized carbons (Fsp3) is 0.148. The number of aryl methyl sites for hydroxylation is 1. The fourth-order valence-corrected chi connectivity index (χ4v) is 4.27. The van der Waals surface area contributed by atoms with Crippen LogP contribution in [-0.2, 0) is 16.0 Å². The molecule has 0 aliphatic heterocycles. The quantitative estimate of drug-likeness (QED) is 0.258. The minimum atomic E-state index is -0.869. The van der Waals surface area contributed by atoms with Gasteiger partial charge in [-0.15, -0.1) is 0 Å². The average Bonchev–Trinajstić information content (AvgIpc) is 3.19. The molecule has 0 fully saturated rings. The van der Waals surface area contributed by atoms with Gasteiger partial charge in [-0.05, 0) is 42.7 Å². The van der Waals surface area contributed by atoms with Crippen LogP contribution in [0.2, 0.25) is 10.0 Å². The second-order valence-electron chi connectivity index (χ2n) is 8.16. The fourth-order valence-electron chi connectivity index (χ4n) is 3.70. The Morgan fingerprint density at radius 2 is 1.61 bits per heavy atom. The molecule has 0 aliphatic rings. The topological polar surface area (TPSA) is 102 Å². The molecule has 0 bridgehead atoms. The molecule has 1 amide bonds. The lowest BCUT2D eigenvalue weighted by molar-refractivity contribution is -0.136. The van der Waals surface area contributed by atoms with E-state index in [1.807, 2.05) is 36.4 Å². The minimum absolute atomic E-state index is 0.0200. The van der Waals surface area contributed by atoms with Crippen LogP contribution in [0.5, 0.6) is 0 Å². The van der Waals surface area contributed by atoms with E-state index in [1.54, 1.807) is 44.2 Å². The Labute approximate surface area is 217 Å². The number of hydrogen-bond acceptors (Lipinski definition) is 5. The molecule has 9 heteroatoms. The van der Waals surface area contributed by atoms with E-state index in [-0.39, 0.29) is 6.42 Å². The SMILES string of the molecule is Cc1noc(-c2ccc(-c3ccc(CC(=O)O)cc3)cc2)c1NC(=O)OC(C)c1ccc(Cl)cc1Cl. The average molecular weight is 525 g/mol. The summed E-state index contributed by atoms with van der Waals surface area (Å²) in [7, 11) is 0. The number of nitrogens with one attached hydrogen (secondary N) is 1. The van der Waals surface area contributed by atoms with Crippen LogP contribution in [0.3, 0.4) is 0 Å². The number of carboxylic acid groups (broad SMARTS) is 1. The van der Waals surface area contributed by atoms with E-state index in [0.717, 1.165) is 16.7 Å². The Kier molecular flexibility index (Phi) is 7.62. The van der Waals surface area contributed by atoms with Crippen LogP contribution < -0.4 is 5.32 Å². The zero-order chi connectivity index (χ0) is 25.8. The van der Waals surface area contributed by atoms with E-state index in [0.29, 0.717) is 38.3 Å². The van der Waals surface area contributed by atoms with Crippen molar-refractivity contribution < 1.29 is 24.0 Å². The van der Waals surface area contributed by atoms with Gasteiger partial charge in [0.05, 0.1) is 6.42 Å². The van der Waals surface area contributed by atoms with Crippen LogP contribution >= 0.6 is 23.2 Å². The summed E-state index contributed by atoms with van der Waals surface area (Å²) in [5.41, 5.74) is 4.87. The molecule has 1 aromatic heterocycles. The summed E-state index contributed by atoms with van der Waals surface area (Å²) in [6, 6.07) is 19.8. The lowest BCUT2D eigenvalue weighted by Gasteiger charge is -2.16. The van der Waals surface area contributed by atoms with E-state index in [2.05, 4.69) is 10.5 Å². The number of ether oxygens (including phenoxy) is 1. The van der Waals surface area contributed by atoms with Gasteiger partial charge in [-0.25, -0.2) is 4.79 Å². The summed E-state index contributed by atoms with van der Waals surface area (Å²) < 4.78 is 11.0. The number of benzene rings is 3. The van der Waals surface area contributed by atoms with Crippen LogP contribution in [0, 0.1) is 6.92 Å². The van der Waals surface area contributed by atoms with Gasteiger partial charge in [0.25, 0.3) is 0 Å². The summed E-state index contributed by atoms with van der Waals surface area (Å²) in [6.07, 6.45) is -1.31. The highest BCUT2D eigenvalue weighted by Gasteiger charge is 2.21. The molecule has 0 spiro atoms. The molecule has 2 N–H and O–H groups in total. The third-order valence-electron chi connectivity index (χ3n) is 5.56. The third-order valence-corrected chi connectivity index (χ3v) is 6.13. The first kappa shape index (κ1) is 25.3. The highest BCUT2D eigenvalue weighted by molar-refractivity contribution is 6.35. The number of rotatable bonds is 7. The minimum Gasteiger partial charge on any atom is -0.481 e. The maximum atomic E-state index is 12.6. The lowest BCUT2D eigenvalue weighted by Crippen LogP contribution is -2.17. The van der Waals surface area contributed by atoms with Gasteiger partial charge >= 0.3 is 12.1 Å². The zero-order valence-electron chi connectivity index (χ0n) is 19.4. The van der Waals surface area contributed by atoms with Gasteiger partial charge < -0.3 is 14.4 Å². The normalized spacial score (nSPS) is 11.7. The standard InChI is InChI=1S/C27H22Cl2N2O5/c1-15-25(30-27(34)35-16(2)22-12-11-21(28)14-23(22)29)26(36-31-15)20-9-7-19(8-10-20)18-5-3-17(4-6-18)13-24(32)33/h3-12,14,16H,13H2,1-2H3,(H,30,34)(H,32,33). The molecular weight excluding hydrogens is 503 g/mol. The molecule has 36 heavy (non-hydrogen) atoms. The van der Waals surface area contributed by atoms with Gasteiger partial charge in [-0.1, -0.05) is 83.0 Å². The second-order valence-corrected chi connectivity index (χ2v) is 9.00. The van der Waals surface area contributed by atoms with Gasteiger partial charge in [0.2, 0.25) is 0 Å². The highest BCUT2D eigenvalue weighted by atomic mass is 35.5. The number of anilines is 1. The van der Waals surface area contributed by atoms with Crippen LogP contribution in [0.1, 0.15) is 29.8 Å². The Hall–Kier alpha value is -3.81. The maximum absolute atomic E-state index is 12.6. The molecule has 4 rings (SSSR count). The Morgan fingerprint density at radius 1 is 1.00 bits per heavy atom. The van der Waals surface area contributed by atoms with Crippen molar-refractivity contribution in [2.24, 2.45) is 0 Å². The number of nitrogens with zero attached hydrogens (tertiary/aromatic N) is 1. The Morgan fingerprint density at radius 3 is 2.22 bits per heavy atom. The summed E-state index contributed by atoms with van der Waals surface area (Å²) in [4.78, 5) is 23.5. The number of halogens is 2. The van der Waals surface area contributed by atoms with E-state index < -0.39 is 18.2 Å². The summed E-state index contributed by atoms with van der Waals surface area (Å²) >= 11 is 12.2. The summed E-state index contributed by atoms with van der Waals surface area (Å²) in [6.45, 7) is 3.43. The number of carbonyl (C=O) groups is 2. The summed E-state index contributed by atoms with van der Waals surface area (Å²) in [5.74, 6) is -0.476. The van der Waals surface area contributed by atoms with Crippen molar-refractivity contribution in [1.29, 1.82) is 0 Å². The van der Waals surface area contributed by atoms with Gasteiger partial charge in [-0.3, -0.25) is 10.1 Å². The first-order valence-corrected chi connectivity index (χ1v) is 11.8. The zero-order valence-corrected chi connectivity index (χ0v) is 20.9. The van der Waals surface area contributed by atoms with Crippen LogP contribution in [0.25, 0.3) is 22.5 Å². The number of carbonyl (C=O) groups excluding carboxylic acids is 1. The molecule has 0 saturated heterocycles. The van der Waals surface area contributed by atoms with Crippen molar-refractivity contribution >= 4 is 41.0 Å². The lowest BCUT2D eigenvalue weighted by atomic mass is 10.0. The summed E-state index contributed by atoms with van der Waals surface area (Å²) in [5, 5.41) is 16.5. The van der Waals surface area contributed by atoms with Crippen LogP contribution in [-0.4, -0.2) is 22.3 Å². The molecule has 1 unspecified atom stereocenters. The van der Waals surface area contributed by atoms with E-state index >= 15 is 0 Å². The molecule has 1 atom stereocenters. The number of carboxylic acids is 1. The molecule has 7 nitrogen and oxygen atoms in total. The van der Waals surface area contributed by atoms with Crippen LogP contribution in [0.4, 0.5) is 10.5 Å².